The number of nitriles is 1. The van der Waals surface area contributed by atoms with E-state index in [0.717, 1.165) is 0 Å². The van der Waals surface area contributed by atoms with E-state index in [1.54, 1.807) is 18.2 Å². The minimum Gasteiger partial charge on any atom is -0.343 e. The van der Waals surface area contributed by atoms with E-state index in [1.807, 2.05) is 6.07 Å². The van der Waals surface area contributed by atoms with Crippen LogP contribution in [0.15, 0.2) is 24.4 Å². The molecule has 0 unspecified atom stereocenters. The van der Waals surface area contributed by atoms with Gasteiger partial charge in [0.05, 0.1) is 15.6 Å². The van der Waals surface area contributed by atoms with Crippen LogP contribution < -0.4 is 0 Å². The molecule has 0 saturated heterocycles. The minimum atomic E-state index is 0.306. The molecule has 0 amide bonds. The van der Waals surface area contributed by atoms with Crippen LogP contribution >= 0.6 is 23.2 Å². The van der Waals surface area contributed by atoms with Crippen LogP contribution in [0.25, 0.3) is 11.4 Å². The zero-order valence-corrected chi connectivity index (χ0v) is 8.97. The van der Waals surface area contributed by atoms with Gasteiger partial charge in [0.2, 0.25) is 0 Å². The summed E-state index contributed by atoms with van der Waals surface area (Å²) in [5.74, 6) is 0.502. The van der Waals surface area contributed by atoms with E-state index in [-0.39, 0.29) is 0 Å². The molecular formula is C10H5Cl2N3. The molecule has 0 aliphatic carbocycles. The van der Waals surface area contributed by atoms with Crippen LogP contribution in [0.1, 0.15) is 5.69 Å². The van der Waals surface area contributed by atoms with E-state index in [1.165, 1.54) is 6.20 Å². The molecule has 5 heteroatoms. The quantitative estimate of drug-likeness (QED) is 0.828. The van der Waals surface area contributed by atoms with Gasteiger partial charge >= 0.3 is 0 Å². The Morgan fingerprint density at radius 2 is 1.93 bits per heavy atom. The van der Waals surface area contributed by atoms with Crippen molar-refractivity contribution in [1.82, 2.24) is 9.97 Å². The summed E-state index contributed by atoms with van der Waals surface area (Å²) in [7, 11) is 0. The molecule has 1 N–H and O–H groups in total. The van der Waals surface area contributed by atoms with Gasteiger partial charge < -0.3 is 4.98 Å². The van der Waals surface area contributed by atoms with Gasteiger partial charge in [-0.25, -0.2) is 4.98 Å². The van der Waals surface area contributed by atoms with Crippen LogP contribution in [-0.2, 0) is 0 Å². The first-order valence-corrected chi connectivity index (χ1v) is 4.88. The maximum absolute atomic E-state index is 8.64. The van der Waals surface area contributed by atoms with E-state index < -0.39 is 0 Å². The summed E-state index contributed by atoms with van der Waals surface area (Å²) >= 11 is 12.0. The maximum atomic E-state index is 8.64. The Bertz CT molecular complexity index is 520. The molecular weight excluding hydrogens is 233 g/mol. The van der Waals surface area contributed by atoms with Crippen molar-refractivity contribution < 1.29 is 0 Å². The number of benzene rings is 1. The average Bonchev–Trinajstić information content (AvgIpc) is 2.66. The first kappa shape index (κ1) is 10.0. The van der Waals surface area contributed by atoms with Crippen LogP contribution in [-0.4, -0.2) is 9.97 Å². The molecule has 0 radical (unpaired) electrons. The topological polar surface area (TPSA) is 52.5 Å². The van der Waals surface area contributed by atoms with Crippen LogP contribution in [0, 0.1) is 11.3 Å². The molecule has 15 heavy (non-hydrogen) atoms. The number of hydrogen-bond donors (Lipinski definition) is 1. The zero-order chi connectivity index (χ0) is 10.8. The minimum absolute atomic E-state index is 0.306. The Hall–Kier alpha value is -1.50. The second-order valence-corrected chi connectivity index (χ2v) is 3.66. The largest absolute Gasteiger partial charge is 0.343 e. The van der Waals surface area contributed by atoms with E-state index in [9.17, 15) is 0 Å². The average molecular weight is 238 g/mol. The standard InChI is InChI=1S/C10H5Cl2N3/c11-7-2-1-3-8(12)9(7)10-14-5-6(4-13)15-10/h1-3,5H,(H,14,15). The van der Waals surface area contributed by atoms with Crippen molar-refractivity contribution in [1.29, 1.82) is 5.26 Å². The van der Waals surface area contributed by atoms with Crippen molar-refractivity contribution in [3.8, 4) is 17.5 Å². The Kier molecular flexibility index (Phi) is 2.63. The van der Waals surface area contributed by atoms with Gasteiger partial charge in [0, 0.05) is 6.20 Å². The molecule has 3 nitrogen and oxygen atoms in total. The van der Waals surface area contributed by atoms with Crippen LogP contribution in [0.4, 0.5) is 0 Å². The lowest BCUT2D eigenvalue weighted by molar-refractivity contribution is 1.29. The van der Waals surface area contributed by atoms with Crippen LogP contribution in [0.2, 0.25) is 10.0 Å². The summed E-state index contributed by atoms with van der Waals surface area (Å²) in [5, 5.41) is 9.64. The normalized spacial score (nSPS) is 9.93. The van der Waals surface area contributed by atoms with Gasteiger partial charge in [-0.05, 0) is 12.1 Å². The van der Waals surface area contributed by atoms with Crippen molar-refractivity contribution in [2.45, 2.75) is 0 Å². The molecule has 0 bridgehead atoms. The lowest BCUT2D eigenvalue weighted by Gasteiger charge is -2.02. The summed E-state index contributed by atoms with van der Waals surface area (Å²) in [6, 6.07) is 7.12. The molecule has 0 aliphatic rings. The molecule has 1 heterocycles. The molecule has 0 atom stereocenters. The molecule has 74 valence electrons. The number of nitrogens with one attached hydrogen (secondary N) is 1. The molecule has 1 aromatic carbocycles. The van der Waals surface area contributed by atoms with Crippen molar-refractivity contribution in [3.63, 3.8) is 0 Å². The van der Waals surface area contributed by atoms with Gasteiger partial charge in [-0.15, -0.1) is 0 Å². The highest BCUT2D eigenvalue weighted by Gasteiger charge is 2.11. The Balaban J connectivity index is 2.59. The number of imidazole rings is 1. The highest BCUT2D eigenvalue weighted by Crippen LogP contribution is 2.32. The predicted molar refractivity (Wildman–Crippen MR) is 58.8 cm³/mol. The molecule has 2 aromatic rings. The molecule has 2 rings (SSSR count). The first-order chi connectivity index (χ1) is 7.22. The van der Waals surface area contributed by atoms with Gasteiger partial charge in [0.25, 0.3) is 0 Å². The molecule has 1 aromatic heterocycles. The molecule has 0 aliphatic heterocycles. The SMILES string of the molecule is N#Cc1c[nH]c(-c2c(Cl)cccc2Cl)n1. The van der Waals surface area contributed by atoms with Gasteiger partial charge in [0.1, 0.15) is 11.9 Å². The highest BCUT2D eigenvalue weighted by molar-refractivity contribution is 6.38. The zero-order valence-electron chi connectivity index (χ0n) is 7.46. The third kappa shape index (κ3) is 1.82. The summed E-state index contributed by atoms with van der Waals surface area (Å²) in [6.07, 6.45) is 1.51. The van der Waals surface area contributed by atoms with Crippen molar-refractivity contribution in [2.24, 2.45) is 0 Å². The number of hydrogen-bond acceptors (Lipinski definition) is 2. The van der Waals surface area contributed by atoms with Crippen molar-refractivity contribution >= 4 is 23.2 Å². The predicted octanol–water partition coefficient (Wildman–Crippen LogP) is 3.26. The fourth-order valence-electron chi connectivity index (χ4n) is 1.23. The van der Waals surface area contributed by atoms with Gasteiger partial charge in [-0.2, -0.15) is 5.26 Å². The summed E-state index contributed by atoms with van der Waals surface area (Å²) in [6.45, 7) is 0. The number of H-pyrrole nitrogens is 1. The van der Waals surface area contributed by atoms with Crippen molar-refractivity contribution in [3.05, 3.63) is 40.1 Å². The van der Waals surface area contributed by atoms with Gasteiger partial charge in [0.15, 0.2) is 5.69 Å². The third-order valence-electron chi connectivity index (χ3n) is 1.89. The Morgan fingerprint density at radius 3 is 2.47 bits per heavy atom. The Morgan fingerprint density at radius 1 is 1.27 bits per heavy atom. The summed E-state index contributed by atoms with van der Waals surface area (Å²) < 4.78 is 0. The monoisotopic (exact) mass is 237 g/mol. The second kappa shape index (κ2) is 3.93. The smallest absolute Gasteiger partial charge is 0.158 e. The van der Waals surface area contributed by atoms with Crippen molar-refractivity contribution in [2.75, 3.05) is 0 Å². The molecule has 0 saturated carbocycles. The third-order valence-corrected chi connectivity index (χ3v) is 2.52. The fraction of sp³-hybridized carbons (Fsp3) is 0. The maximum Gasteiger partial charge on any atom is 0.158 e. The van der Waals surface area contributed by atoms with Crippen LogP contribution in [0.5, 0.6) is 0 Å². The lowest BCUT2D eigenvalue weighted by atomic mass is 10.2. The lowest BCUT2D eigenvalue weighted by Crippen LogP contribution is -1.84. The van der Waals surface area contributed by atoms with Gasteiger partial charge in [-0.1, -0.05) is 29.3 Å². The number of rotatable bonds is 1. The summed E-state index contributed by atoms with van der Waals surface area (Å²) in [5.41, 5.74) is 0.920. The molecule has 0 fully saturated rings. The second-order valence-electron chi connectivity index (χ2n) is 2.84. The molecule has 0 spiro atoms. The van der Waals surface area contributed by atoms with Gasteiger partial charge in [-0.3, -0.25) is 0 Å². The van der Waals surface area contributed by atoms with E-state index >= 15 is 0 Å². The van der Waals surface area contributed by atoms with E-state index in [2.05, 4.69) is 9.97 Å². The van der Waals surface area contributed by atoms with E-state index in [0.29, 0.717) is 27.1 Å². The Labute approximate surface area is 96.3 Å². The number of halogens is 2. The van der Waals surface area contributed by atoms with E-state index in [4.69, 9.17) is 28.5 Å². The first-order valence-electron chi connectivity index (χ1n) is 4.12. The number of aromatic nitrogens is 2. The number of nitrogens with zero attached hydrogens (tertiary/aromatic N) is 2. The van der Waals surface area contributed by atoms with Crippen LogP contribution in [0.3, 0.4) is 0 Å². The number of aromatic amines is 1. The highest BCUT2D eigenvalue weighted by atomic mass is 35.5. The summed E-state index contributed by atoms with van der Waals surface area (Å²) in [4.78, 5) is 6.89. The fourth-order valence-corrected chi connectivity index (χ4v) is 1.81.